The Balaban J connectivity index is 3.13. The van der Waals surface area contributed by atoms with Gasteiger partial charge in [0.1, 0.15) is 13.2 Å². The predicted octanol–water partition coefficient (Wildman–Crippen LogP) is 6.13. The fraction of sp³-hybridized carbons (Fsp3) is 0.951. The summed E-state index contributed by atoms with van der Waals surface area (Å²) in [5.74, 6) is -0.294. The van der Waals surface area contributed by atoms with Crippen LogP contribution < -0.4 is 0 Å². The Bertz CT molecular complexity index is 761. The monoisotopic (exact) mass is 797 g/mol. The maximum Gasteiger partial charge on any atom is 0.305 e. The van der Waals surface area contributed by atoms with Crippen LogP contribution in [0.5, 0.6) is 0 Å². The summed E-state index contributed by atoms with van der Waals surface area (Å²) in [6.45, 7) is 14.4. The molecular weight excluding hydrogens is 716 g/mol. The predicted molar refractivity (Wildman–Crippen MR) is 211 cm³/mol. The van der Waals surface area contributed by atoms with E-state index < -0.39 is 0 Å². The van der Waals surface area contributed by atoms with E-state index in [1.807, 2.05) is 0 Å². The van der Waals surface area contributed by atoms with E-state index in [0.717, 1.165) is 38.5 Å². The van der Waals surface area contributed by atoms with Crippen LogP contribution in [0.1, 0.15) is 110 Å². The van der Waals surface area contributed by atoms with Gasteiger partial charge in [0.25, 0.3) is 0 Å². The molecule has 328 valence electrons. The summed E-state index contributed by atoms with van der Waals surface area (Å²) in [6, 6.07) is 0. The van der Waals surface area contributed by atoms with E-state index in [-0.39, 0.29) is 25.2 Å². The van der Waals surface area contributed by atoms with Gasteiger partial charge in [-0.15, -0.1) is 0 Å². The quantitative estimate of drug-likeness (QED) is 0.0514. The largest absolute Gasteiger partial charge is 0.463 e. The zero-order valence-electron chi connectivity index (χ0n) is 34.9. The molecule has 0 N–H and O–H groups in total. The zero-order valence-corrected chi connectivity index (χ0v) is 34.9. The Hall–Kier alpha value is -1.46. The molecule has 0 heterocycles. The van der Waals surface area contributed by atoms with Crippen LogP contribution in [0.4, 0.5) is 0 Å². The van der Waals surface area contributed by atoms with Crippen LogP contribution in [0.25, 0.3) is 0 Å². The highest BCUT2D eigenvalue weighted by Crippen LogP contribution is 2.11. The fourth-order valence-electron chi connectivity index (χ4n) is 4.93. The molecule has 14 nitrogen and oxygen atoms in total. The SMILES string of the molecule is CCCCCCCCCCCC(=O)OCCOCCOCCOCCOCCOCCOCCOCCOCCOCCOCCOC(=O)CCCCCC. The van der Waals surface area contributed by atoms with Crippen LogP contribution in [0.3, 0.4) is 0 Å². The van der Waals surface area contributed by atoms with E-state index in [0.29, 0.717) is 145 Å². The summed E-state index contributed by atoms with van der Waals surface area (Å²) >= 11 is 0. The molecule has 0 aliphatic carbocycles. The van der Waals surface area contributed by atoms with Gasteiger partial charge in [0, 0.05) is 12.8 Å². The van der Waals surface area contributed by atoms with Gasteiger partial charge >= 0.3 is 11.9 Å². The van der Waals surface area contributed by atoms with E-state index in [1.165, 1.54) is 44.9 Å². The molecule has 0 saturated heterocycles. The summed E-state index contributed by atoms with van der Waals surface area (Å²) in [5.41, 5.74) is 0. The minimum Gasteiger partial charge on any atom is -0.463 e. The van der Waals surface area contributed by atoms with Crippen LogP contribution in [0.15, 0.2) is 0 Å². The van der Waals surface area contributed by atoms with Crippen LogP contribution in [0.2, 0.25) is 0 Å². The van der Waals surface area contributed by atoms with E-state index >= 15 is 0 Å². The van der Waals surface area contributed by atoms with Gasteiger partial charge in [-0.1, -0.05) is 84.5 Å². The third-order valence-electron chi connectivity index (χ3n) is 8.05. The van der Waals surface area contributed by atoms with E-state index in [9.17, 15) is 9.59 Å². The van der Waals surface area contributed by atoms with E-state index in [1.54, 1.807) is 0 Å². The van der Waals surface area contributed by atoms with Gasteiger partial charge in [-0.3, -0.25) is 9.59 Å². The molecule has 0 unspecified atom stereocenters. The third-order valence-corrected chi connectivity index (χ3v) is 8.05. The van der Waals surface area contributed by atoms with Gasteiger partial charge in [-0.2, -0.15) is 0 Å². The molecule has 0 amide bonds. The molecule has 0 radical (unpaired) electrons. The Kier molecular flexibility index (Phi) is 47.4. The highest BCUT2D eigenvalue weighted by atomic mass is 16.6. The number of unbranched alkanes of at least 4 members (excludes halogenated alkanes) is 11. The van der Waals surface area contributed by atoms with E-state index in [4.69, 9.17) is 56.8 Å². The smallest absolute Gasteiger partial charge is 0.305 e. The van der Waals surface area contributed by atoms with Crippen LogP contribution in [-0.4, -0.2) is 157 Å². The number of carbonyl (C=O) groups excluding carboxylic acids is 2. The standard InChI is InChI=1S/C41H80O14/c1-3-5-7-9-10-11-12-13-15-17-41(43)55-39-37-53-35-33-51-31-29-49-27-25-47-23-21-45-19-18-44-20-22-46-24-26-48-28-30-50-32-34-52-36-38-54-40(42)16-14-8-6-4-2/h3-39H2,1-2H3. The summed E-state index contributed by atoms with van der Waals surface area (Å²) in [4.78, 5) is 23.4. The van der Waals surface area contributed by atoms with Crippen molar-refractivity contribution < 1.29 is 66.4 Å². The lowest BCUT2D eigenvalue weighted by atomic mass is 10.1. The summed E-state index contributed by atoms with van der Waals surface area (Å²) in [6.07, 6.45) is 16.3. The Morgan fingerprint density at radius 1 is 0.255 bits per heavy atom. The average molecular weight is 797 g/mol. The molecule has 0 aliphatic heterocycles. The lowest BCUT2D eigenvalue weighted by Crippen LogP contribution is -2.16. The second kappa shape index (κ2) is 48.7. The second-order valence-corrected chi connectivity index (χ2v) is 13.0. The molecule has 0 spiro atoms. The molecule has 0 fully saturated rings. The van der Waals surface area contributed by atoms with Crippen molar-refractivity contribution in [3.63, 3.8) is 0 Å². The van der Waals surface area contributed by atoms with Gasteiger partial charge in [0.15, 0.2) is 0 Å². The summed E-state index contributed by atoms with van der Waals surface area (Å²) in [7, 11) is 0. The first kappa shape index (κ1) is 53.5. The number of carbonyl (C=O) groups is 2. The van der Waals surface area contributed by atoms with Crippen LogP contribution in [0, 0.1) is 0 Å². The van der Waals surface area contributed by atoms with Crippen molar-refractivity contribution in [2.45, 2.75) is 110 Å². The highest BCUT2D eigenvalue weighted by molar-refractivity contribution is 5.69. The molecule has 0 aliphatic rings. The number of hydrogen-bond donors (Lipinski definition) is 0. The van der Waals surface area contributed by atoms with Crippen molar-refractivity contribution in [2.75, 3.05) is 145 Å². The average Bonchev–Trinajstić information content (AvgIpc) is 3.19. The zero-order chi connectivity index (χ0) is 39.8. The lowest BCUT2D eigenvalue weighted by Gasteiger charge is -2.09. The number of hydrogen-bond acceptors (Lipinski definition) is 14. The normalized spacial score (nSPS) is 11.4. The third kappa shape index (κ3) is 48.6. The molecule has 0 bridgehead atoms. The van der Waals surface area contributed by atoms with Gasteiger partial charge in [0.05, 0.1) is 132 Å². The Morgan fingerprint density at radius 3 is 0.673 bits per heavy atom. The Morgan fingerprint density at radius 2 is 0.436 bits per heavy atom. The molecule has 0 aromatic rings. The number of esters is 2. The lowest BCUT2D eigenvalue weighted by molar-refractivity contribution is -0.146. The molecular formula is C41H80O14. The molecule has 0 saturated carbocycles. The van der Waals surface area contributed by atoms with Crippen LogP contribution >= 0.6 is 0 Å². The highest BCUT2D eigenvalue weighted by Gasteiger charge is 2.04. The van der Waals surface area contributed by atoms with Crippen molar-refractivity contribution in [3.8, 4) is 0 Å². The maximum absolute atomic E-state index is 11.8. The fourth-order valence-corrected chi connectivity index (χ4v) is 4.93. The van der Waals surface area contributed by atoms with Crippen molar-refractivity contribution in [1.82, 2.24) is 0 Å². The van der Waals surface area contributed by atoms with Crippen molar-refractivity contribution >= 4 is 11.9 Å². The van der Waals surface area contributed by atoms with E-state index in [2.05, 4.69) is 13.8 Å². The van der Waals surface area contributed by atoms with Crippen molar-refractivity contribution in [1.29, 1.82) is 0 Å². The molecule has 0 rings (SSSR count). The second-order valence-electron chi connectivity index (χ2n) is 13.0. The summed E-state index contributed by atoms with van der Waals surface area (Å²) in [5, 5.41) is 0. The van der Waals surface area contributed by atoms with Crippen molar-refractivity contribution in [2.24, 2.45) is 0 Å². The first-order chi connectivity index (χ1) is 27.2. The molecule has 0 aromatic heterocycles. The minimum atomic E-state index is -0.154. The van der Waals surface area contributed by atoms with Crippen LogP contribution in [-0.2, 0) is 66.4 Å². The molecule has 14 heteroatoms. The van der Waals surface area contributed by atoms with Crippen molar-refractivity contribution in [3.05, 3.63) is 0 Å². The molecule has 55 heavy (non-hydrogen) atoms. The van der Waals surface area contributed by atoms with Gasteiger partial charge in [-0.25, -0.2) is 0 Å². The number of ether oxygens (including phenoxy) is 12. The van der Waals surface area contributed by atoms with Gasteiger partial charge < -0.3 is 56.8 Å². The minimum absolute atomic E-state index is 0.139. The summed E-state index contributed by atoms with van der Waals surface area (Å²) < 4.78 is 65.1. The van der Waals surface area contributed by atoms with Gasteiger partial charge in [-0.05, 0) is 12.8 Å². The maximum atomic E-state index is 11.8. The first-order valence-electron chi connectivity index (χ1n) is 21.3. The topological polar surface area (TPSA) is 145 Å². The molecule has 0 atom stereocenters. The molecule has 0 aromatic carbocycles. The Labute approximate surface area is 333 Å². The number of rotatable bonds is 48. The van der Waals surface area contributed by atoms with Gasteiger partial charge in [0.2, 0.25) is 0 Å². The first-order valence-corrected chi connectivity index (χ1v) is 21.3.